The van der Waals surface area contributed by atoms with Crippen LogP contribution in [0.25, 0.3) is 0 Å². The average Bonchev–Trinajstić information content (AvgIpc) is 3.29. The van der Waals surface area contributed by atoms with Gasteiger partial charge in [0, 0.05) is 12.2 Å². The van der Waals surface area contributed by atoms with Gasteiger partial charge in [0.05, 0.1) is 0 Å². The lowest BCUT2D eigenvalue weighted by atomic mass is 9.95. The first-order chi connectivity index (χ1) is 15.1. The minimum atomic E-state index is -4.82. The van der Waals surface area contributed by atoms with E-state index in [0.29, 0.717) is 0 Å². The second kappa shape index (κ2) is 8.57. The molecule has 0 radical (unpaired) electrons. The van der Waals surface area contributed by atoms with E-state index >= 15 is 0 Å². The standard InChI is InChI=1S/C21H17F3N2O4S2/c22-21(23,24)30-17-9-7-16(8-10-17)25-20(27)18-12-14-4-1-2-5-15(14)13-26(18)32(28,29)19-6-3-11-31-19/h1-11,18H,12-13H2,(H,25,27)/t18-/m1/s1. The predicted octanol–water partition coefficient (Wildman–Crippen LogP) is 4.40. The minimum Gasteiger partial charge on any atom is -0.406 e. The summed E-state index contributed by atoms with van der Waals surface area (Å²) in [5.41, 5.74) is 1.89. The summed E-state index contributed by atoms with van der Waals surface area (Å²) in [7, 11) is -3.93. The van der Waals surface area contributed by atoms with Gasteiger partial charge in [-0.2, -0.15) is 4.31 Å². The zero-order valence-electron chi connectivity index (χ0n) is 16.4. The fourth-order valence-corrected chi connectivity index (χ4v) is 6.15. The highest BCUT2D eigenvalue weighted by molar-refractivity contribution is 7.91. The van der Waals surface area contributed by atoms with Gasteiger partial charge in [-0.25, -0.2) is 8.42 Å². The number of hydrogen-bond acceptors (Lipinski definition) is 5. The van der Waals surface area contributed by atoms with Gasteiger partial charge in [-0.3, -0.25) is 4.79 Å². The number of rotatable bonds is 5. The number of carbonyl (C=O) groups is 1. The van der Waals surface area contributed by atoms with Gasteiger partial charge in [0.25, 0.3) is 10.0 Å². The molecular weight excluding hydrogens is 465 g/mol. The third kappa shape index (κ3) is 4.79. The molecule has 2 aromatic carbocycles. The molecule has 1 aromatic heterocycles. The van der Waals surface area contributed by atoms with E-state index in [0.717, 1.165) is 38.9 Å². The Hall–Kier alpha value is -2.89. The van der Waals surface area contributed by atoms with Crippen molar-refractivity contribution < 1.29 is 31.1 Å². The summed E-state index contributed by atoms with van der Waals surface area (Å²) in [5.74, 6) is -1.01. The maximum atomic E-state index is 13.2. The number of carbonyl (C=O) groups excluding carboxylic acids is 1. The van der Waals surface area contributed by atoms with E-state index in [-0.39, 0.29) is 22.9 Å². The molecule has 0 saturated heterocycles. The Kier molecular flexibility index (Phi) is 5.97. The number of sulfonamides is 1. The number of alkyl halides is 3. The molecule has 1 aliphatic rings. The molecule has 6 nitrogen and oxygen atoms in total. The highest BCUT2D eigenvalue weighted by atomic mass is 32.2. The molecule has 0 unspecified atom stereocenters. The van der Waals surface area contributed by atoms with Crippen LogP contribution in [0.1, 0.15) is 11.1 Å². The Balaban J connectivity index is 1.60. The highest BCUT2D eigenvalue weighted by Gasteiger charge is 2.40. The Bertz CT molecular complexity index is 1210. The minimum absolute atomic E-state index is 0.0346. The summed E-state index contributed by atoms with van der Waals surface area (Å²) in [5, 5.41) is 4.24. The smallest absolute Gasteiger partial charge is 0.406 e. The highest BCUT2D eigenvalue weighted by Crippen LogP contribution is 2.31. The molecule has 1 aliphatic heterocycles. The Labute approximate surface area is 186 Å². The number of anilines is 1. The van der Waals surface area contributed by atoms with Crippen LogP contribution in [0, 0.1) is 0 Å². The molecule has 1 N–H and O–H groups in total. The van der Waals surface area contributed by atoms with Gasteiger partial charge in [0.2, 0.25) is 5.91 Å². The quantitative estimate of drug-likeness (QED) is 0.585. The summed E-state index contributed by atoms with van der Waals surface area (Å²) in [6.07, 6.45) is -4.65. The normalized spacial score (nSPS) is 16.9. The van der Waals surface area contributed by atoms with Crippen molar-refractivity contribution in [3.05, 3.63) is 77.2 Å². The predicted molar refractivity (Wildman–Crippen MR) is 113 cm³/mol. The van der Waals surface area contributed by atoms with Crippen molar-refractivity contribution in [2.24, 2.45) is 0 Å². The fourth-order valence-electron chi connectivity index (χ4n) is 3.47. The van der Waals surface area contributed by atoms with Gasteiger partial charge >= 0.3 is 6.36 Å². The van der Waals surface area contributed by atoms with Crippen LogP contribution >= 0.6 is 11.3 Å². The molecule has 0 bridgehead atoms. The molecule has 0 saturated carbocycles. The maximum Gasteiger partial charge on any atom is 0.573 e. The summed E-state index contributed by atoms with van der Waals surface area (Å²) in [4.78, 5) is 13.1. The van der Waals surface area contributed by atoms with Crippen molar-refractivity contribution in [1.82, 2.24) is 4.31 Å². The number of nitrogens with zero attached hydrogens (tertiary/aromatic N) is 1. The third-order valence-corrected chi connectivity index (χ3v) is 8.15. The lowest BCUT2D eigenvalue weighted by molar-refractivity contribution is -0.274. The molecule has 0 spiro atoms. The topological polar surface area (TPSA) is 75.7 Å². The molecule has 1 atom stereocenters. The third-order valence-electron chi connectivity index (χ3n) is 4.92. The molecule has 4 rings (SSSR count). The Morgan fingerprint density at radius 2 is 1.72 bits per heavy atom. The lowest BCUT2D eigenvalue weighted by Crippen LogP contribution is -2.50. The van der Waals surface area contributed by atoms with Crippen LogP contribution in [0.3, 0.4) is 0 Å². The number of fused-ring (bicyclic) bond motifs is 1. The number of ether oxygens (including phenoxy) is 1. The molecule has 3 aromatic rings. The van der Waals surface area contributed by atoms with E-state index in [4.69, 9.17) is 0 Å². The van der Waals surface area contributed by atoms with Crippen LogP contribution in [0.2, 0.25) is 0 Å². The first-order valence-corrected chi connectivity index (χ1v) is 11.7. The number of benzene rings is 2. The van der Waals surface area contributed by atoms with Gasteiger partial charge in [-0.05, 0) is 53.3 Å². The van der Waals surface area contributed by atoms with Crippen LogP contribution in [0.15, 0.2) is 70.3 Å². The summed E-state index contributed by atoms with van der Waals surface area (Å²) in [6.45, 7) is 0.0346. The zero-order valence-corrected chi connectivity index (χ0v) is 18.0. The second-order valence-electron chi connectivity index (χ2n) is 7.03. The number of halogens is 3. The molecule has 32 heavy (non-hydrogen) atoms. The molecule has 0 aliphatic carbocycles. The van der Waals surface area contributed by atoms with Gasteiger partial charge in [-0.15, -0.1) is 24.5 Å². The van der Waals surface area contributed by atoms with E-state index in [1.54, 1.807) is 17.5 Å². The number of hydrogen-bond donors (Lipinski definition) is 1. The fraction of sp³-hybridized carbons (Fsp3) is 0.190. The van der Waals surface area contributed by atoms with Crippen LogP contribution in [0.5, 0.6) is 5.75 Å². The Morgan fingerprint density at radius 3 is 2.34 bits per heavy atom. The summed E-state index contributed by atoms with van der Waals surface area (Å²) in [6, 6.07) is 14.0. The van der Waals surface area contributed by atoms with Crippen LogP contribution in [-0.4, -0.2) is 31.0 Å². The van der Waals surface area contributed by atoms with Crippen molar-refractivity contribution in [1.29, 1.82) is 0 Å². The van der Waals surface area contributed by atoms with E-state index in [1.165, 1.54) is 18.2 Å². The monoisotopic (exact) mass is 482 g/mol. The van der Waals surface area contributed by atoms with Crippen LogP contribution in [-0.2, 0) is 27.8 Å². The summed E-state index contributed by atoms with van der Waals surface area (Å²) < 4.78 is 68.6. The molecule has 11 heteroatoms. The van der Waals surface area contributed by atoms with Crippen molar-refractivity contribution in [2.45, 2.75) is 29.6 Å². The van der Waals surface area contributed by atoms with Gasteiger partial charge in [0.15, 0.2) is 0 Å². The number of amides is 1. The average molecular weight is 483 g/mol. The number of nitrogens with one attached hydrogen (secondary N) is 1. The SMILES string of the molecule is O=C(Nc1ccc(OC(F)(F)F)cc1)[C@H]1Cc2ccccc2CN1S(=O)(=O)c1cccs1. The van der Waals surface area contributed by atoms with Gasteiger partial charge < -0.3 is 10.1 Å². The van der Waals surface area contributed by atoms with E-state index in [9.17, 15) is 26.4 Å². The van der Waals surface area contributed by atoms with Crippen molar-refractivity contribution in [2.75, 3.05) is 5.32 Å². The second-order valence-corrected chi connectivity index (χ2v) is 10.1. The summed E-state index contributed by atoms with van der Waals surface area (Å²) >= 11 is 1.06. The van der Waals surface area contributed by atoms with E-state index in [2.05, 4.69) is 10.1 Å². The maximum absolute atomic E-state index is 13.2. The van der Waals surface area contributed by atoms with E-state index < -0.39 is 34.1 Å². The van der Waals surface area contributed by atoms with Crippen LogP contribution in [0.4, 0.5) is 18.9 Å². The van der Waals surface area contributed by atoms with Crippen molar-refractivity contribution in [3.63, 3.8) is 0 Å². The van der Waals surface area contributed by atoms with Crippen molar-refractivity contribution >= 4 is 33.0 Å². The first-order valence-electron chi connectivity index (χ1n) is 9.42. The van der Waals surface area contributed by atoms with Crippen LogP contribution < -0.4 is 10.1 Å². The molecular formula is C21H17F3N2O4S2. The van der Waals surface area contributed by atoms with E-state index in [1.807, 2.05) is 18.2 Å². The zero-order chi connectivity index (χ0) is 22.9. The Morgan fingerprint density at radius 1 is 1.03 bits per heavy atom. The molecule has 1 amide bonds. The lowest BCUT2D eigenvalue weighted by Gasteiger charge is -2.34. The van der Waals surface area contributed by atoms with Crippen molar-refractivity contribution in [3.8, 4) is 5.75 Å². The largest absolute Gasteiger partial charge is 0.573 e. The molecule has 168 valence electrons. The molecule has 0 fully saturated rings. The number of thiophene rings is 1. The van der Waals surface area contributed by atoms with Gasteiger partial charge in [0.1, 0.15) is 16.0 Å². The molecule has 2 heterocycles. The first kappa shape index (κ1) is 22.3. The van der Waals surface area contributed by atoms with Gasteiger partial charge in [-0.1, -0.05) is 30.3 Å².